The molecule has 0 aromatic heterocycles. The van der Waals surface area contributed by atoms with E-state index >= 15 is 0 Å². The van der Waals surface area contributed by atoms with E-state index in [1.54, 1.807) is 0 Å². The number of nitrogens with zero attached hydrogens (tertiary/aromatic N) is 1. The van der Waals surface area contributed by atoms with Gasteiger partial charge in [-0.1, -0.05) is 15.9 Å². The highest BCUT2D eigenvalue weighted by Gasteiger charge is 2.28. The number of carbonyl (C=O) groups excluding carboxylic acids is 1. The van der Waals surface area contributed by atoms with Crippen LogP contribution < -0.4 is 0 Å². The van der Waals surface area contributed by atoms with E-state index in [0.29, 0.717) is 38.4 Å². The van der Waals surface area contributed by atoms with Gasteiger partial charge in [-0.05, 0) is 25.0 Å². The summed E-state index contributed by atoms with van der Waals surface area (Å²) in [6.45, 7) is 1.30. The molecule has 0 N–H and O–H groups in total. The Morgan fingerprint density at radius 3 is 2.43 bits per heavy atom. The fourth-order valence-corrected chi connectivity index (χ4v) is 2.83. The molecule has 0 radical (unpaired) electrons. The van der Waals surface area contributed by atoms with E-state index in [1.807, 2.05) is 0 Å². The number of alkyl halides is 1. The topological polar surface area (TPSA) is 29.5 Å². The van der Waals surface area contributed by atoms with Gasteiger partial charge in [0.2, 0.25) is 0 Å². The molecule has 1 aliphatic rings. The van der Waals surface area contributed by atoms with Crippen LogP contribution >= 0.6 is 27.5 Å². The van der Waals surface area contributed by atoms with E-state index in [4.69, 9.17) is 16.3 Å². The minimum atomic E-state index is -0.854. The summed E-state index contributed by atoms with van der Waals surface area (Å²) in [5, 5.41) is 0. The van der Waals surface area contributed by atoms with Gasteiger partial charge in [0.1, 0.15) is 17.2 Å². The van der Waals surface area contributed by atoms with Crippen LogP contribution in [0.25, 0.3) is 0 Å². The second-order valence-electron chi connectivity index (χ2n) is 4.80. The molecule has 0 aliphatic carbocycles. The summed E-state index contributed by atoms with van der Waals surface area (Å²) in [5.41, 5.74) is -0.502. The van der Waals surface area contributed by atoms with Crippen LogP contribution in [-0.2, 0) is 4.74 Å². The van der Waals surface area contributed by atoms with Gasteiger partial charge in [-0.2, -0.15) is 0 Å². The summed E-state index contributed by atoms with van der Waals surface area (Å²) in [4.78, 5) is 13.7. The number of hydrogen-bond acceptors (Lipinski definition) is 2. The van der Waals surface area contributed by atoms with Crippen molar-refractivity contribution in [2.45, 2.75) is 18.9 Å². The van der Waals surface area contributed by atoms with Crippen LogP contribution in [0.15, 0.2) is 16.6 Å². The quantitative estimate of drug-likeness (QED) is 0.745. The van der Waals surface area contributed by atoms with Crippen LogP contribution in [0.1, 0.15) is 23.2 Å². The molecule has 0 atom stereocenters. The molecule has 1 aliphatic heterocycles. The van der Waals surface area contributed by atoms with E-state index in [0.717, 1.165) is 12.1 Å². The van der Waals surface area contributed by atoms with Gasteiger partial charge in [-0.15, -0.1) is 11.6 Å². The number of carbonyl (C=O) groups is 1. The predicted octanol–water partition coefficient (Wildman–Crippen LogP) is 3.59. The van der Waals surface area contributed by atoms with Gasteiger partial charge in [-0.3, -0.25) is 4.79 Å². The lowest BCUT2D eigenvalue weighted by atomic mass is 10.1. The van der Waals surface area contributed by atoms with Crippen molar-refractivity contribution in [3.05, 3.63) is 33.8 Å². The lowest BCUT2D eigenvalue weighted by Crippen LogP contribution is -2.41. The zero-order valence-corrected chi connectivity index (χ0v) is 13.6. The molecule has 116 valence electrons. The molecule has 21 heavy (non-hydrogen) atoms. The lowest BCUT2D eigenvalue weighted by Gasteiger charge is -2.32. The fourth-order valence-electron chi connectivity index (χ4n) is 2.34. The maximum atomic E-state index is 13.8. The minimum Gasteiger partial charge on any atom is -0.377 e. The molecule has 1 fully saturated rings. The molecule has 0 unspecified atom stereocenters. The molecular weight excluding hydrogens is 368 g/mol. The van der Waals surface area contributed by atoms with Crippen LogP contribution in [0.4, 0.5) is 8.78 Å². The Morgan fingerprint density at radius 1 is 1.33 bits per heavy atom. The Labute approximate surface area is 135 Å². The van der Waals surface area contributed by atoms with Crippen molar-refractivity contribution in [3.8, 4) is 0 Å². The van der Waals surface area contributed by atoms with E-state index in [-0.39, 0.29) is 10.6 Å². The maximum absolute atomic E-state index is 13.8. The average Bonchev–Trinajstić information content (AvgIpc) is 2.44. The van der Waals surface area contributed by atoms with Gasteiger partial charge in [0.25, 0.3) is 5.91 Å². The third-order valence-electron chi connectivity index (χ3n) is 3.38. The number of rotatable bonds is 4. The van der Waals surface area contributed by atoms with E-state index in [9.17, 15) is 13.6 Å². The van der Waals surface area contributed by atoms with Gasteiger partial charge in [-0.25, -0.2) is 8.78 Å². The predicted molar refractivity (Wildman–Crippen MR) is 79.7 cm³/mol. The summed E-state index contributed by atoms with van der Waals surface area (Å²) >= 11 is 8.54. The molecule has 7 heteroatoms. The molecule has 2 rings (SSSR count). The van der Waals surface area contributed by atoms with Gasteiger partial charge >= 0.3 is 0 Å². The van der Waals surface area contributed by atoms with Crippen LogP contribution in [0.2, 0.25) is 0 Å². The molecule has 0 saturated carbocycles. The summed E-state index contributed by atoms with van der Waals surface area (Å²) in [7, 11) is 0. The Balaban J connectivity index is 2.02. The van der Waals surface area contributed by atoms with E-state index in [1.165, 1.54) is 4.90 Å². The zero-order valence-electron chi connectivity index (χ0n) is 11.3. The number of piperidine rings is 1. The van der Waals surface area contributed by atoms with Crippen molar-refractivity contribution in [1.29, 1.82) is 0 Å². The van der Waals surface area contributed by atoms with Crippen LogP contribution in [0.5, 0.6) is 0 Å². The first kappa shape index (κ1) is 16.6. The Hall–Kier alpha value is -0.720. The van der Waals surface area contributed by atoms with Crippen LogP contribution in [0, 0.1) is 11.6 Å². The lowest BCUT2D eigenvalue weighted by molar-refractivity contribution is 0.0151. The number of amides is 1. The molecule has 1 heterocycles. The fraction of sp³-hybridized carbons (Fsp3) is 0.500. The standard InChI is InChI=1S/C14H15BrClF2NO2/c15-9-7-11(17)13(12(18)8-9)14(20)19-4-1-10(2-5-19)21-6-3-16/h7-8,10H,1-6H2. The van der Waals surface area contributed by atoms with Crippen molar-refractivity contribution in [3.63, 3.8) is 0 Å². The number of benzene rings is 1. The van der Waals surface area contributed by atoms with Crippen LogP contribution in [0.3, 0.4) is 0 Å². The normalized spacial score (nSPS) is 16.3. The summed E-state index contributed by atoms with van der Waals surface area (Å²) in [5.74, 6) is -1.90. The second-order valence-corrected chi connectivity index (χ2v) is 6.09. The zero-order chi connectivity index (χ0) is 15.4. The molecule has 1 aromatic rings. The molecule has 1 amide bonds. The number of hydrogen-bond donors (Lipinski definition) is 0. The summed E-state index contributed by atoms with van der Waals surface area (Å²) < 4.78 is 33.4. The van der Waals surface area contributed by atoms with Gasteiger partial charge < -0.3 is 9.64 Å². The van der Waals surface area contributed by atoms with Gasteiger partial charge in [0.05, 0.1) is 12.7 Å². The minimum absolute atomic E-state index is 0.0485. The third-order valence-corrected chi connectivity index (χ3v) is 3.99. The first-order chi connectivity index (χ1) is 10.0. The van der Waals surface area contributed by atoms with Crippen molar-refractivity contribution >= 4 is 33.4 Å². The highest BCUT2D eigenvalue weighted by atomic mass is 79.9. The van der Waals surface area contributed by atoms with Crippen molar-refractivity contribution in [2.24, 2.45) is 0 Å². The van der Waals surface area contributed by atoms with Crippen LogP contribution in [-0.4, -0.2) is 42.5 Å². The molecule has 0 bridgehead atoms. The molecule has 1 saturated heterocycles. The third kappa shape index (κ3) is 4.14. The largest absolute Gasteiger partial charge is 0.377 e. The smallest absolute Gasteiger partial charge is 0.259 e. The first-order valence-corrected chi connectivity index (χ1v) is 7.97. The first-order valence-electron chi connectivity index (χ1n) is 6.64. The SMILES string of the molecule is O=C(c1c(F)cc(Br)cc1F)N1CCC(OCCCl)CC1. The number of likely N-dealkylation sites (tertiary alicyclic amines) is 1. The average molecular weight is 383 g/mol. The Bertz CT molecular complexity index is 499. The summed E-state index contributed by atoms with van der Waals surface area (Å²) in [6.07, 6.45) is 1.33. The molecular formula is C14H15BrClF2NO2. The maximum Gasteiger partial charge on any atom is 0.259 e. The van der Waals surface area contributed by atoms with Gasteiger partial charge in [0.15, 0.2) is 0 Å². The second kappa shape index (κ2) is 7.51. The Morgan fingerprint density at radius 2 is 1.90 bits per heavy atom. The van der Waals surface area contributed by atoms with Crippen molar-refractivity contribution < 1.29 is 18.3 Å². The highest BCUT2D eigenvalue weighted by molar-refractivity contribution is 9.10. The van der Waals surface area contributed by atoms with Gasteiger partial charge in [0, 0.05) is 23.4 Å². The Kier molecular flexibility index (Phi) is 5.96. The van der Waals surface area contributed by atoms with E-state index < -0.39 is 23.1 Å². The molecule has 1 aromatic carbocycles. The number of ether oxygens (including phenoxy) is 1. The monoisotopic (exact) mass is 381 g/mol. The molecule has 3 nitrogen and oxygen atoms in total. The highest BCUT2D eigenvalue weighted by Crippen LogP contribution is 2.23. The van der Waals surface area contributed by atoms with Crippen molar-refractivity contribution in [2.75, 3.05) is 25.6 Å². The van der Waals surface area contributed by atoms with Crippen molar-refractivity contribution in [1.82, 2.24) is 4.90 Å². The van der Waals surface area contributed by atoms with E-state index in [2.05, 4.69) is 15.9 Å². The summed E-state index contributed by atoms with van der Waals surface area (Å²) in [6, 6.07) is 2.18. The molecule has 0 spiro atoms. The number of halogens is 4.